The average Bonchev–Trinajstić information content (AvgIpc) is 3.54. The summed E-state index contributed by atoms with van der Waals surface area (Å²) in [6, 6.07) is 15.3. The van der Waals surface area contributed by atoms with Crippen molar-refractivity contribution in [3.05, 3.63) is 89.9 Å². The number of guanidine groups is 1. The molecule has 1 atom stereocenters. The second-order valence-electron chi connectivity index (χ2n) is 10.1. The molecule has 0 N–H and O–H groups in total. The number of aromatic nitrogens is 3. The zero-order valence-corrected chi connectivity index (χ0v) is 22.0. The van der Waals surface area contributed by atoms with E-state index in [1.165, 1.54) is 12.1 Å². The van der Waals surface area contributed by atoms with Crippen LogP contribution in [0.1, 0.15) is 36.8 Å². The Morgan fingerprint density at radius 1 is 0.974 bits per heavy atom. The van der Waals surface area contributed by atoms with Crippen molar-refractivity contribution in [3.63, 3.8) is 0 Å². The van der Waals surface area contributed by atoms with Crippen LogP contribution in [0.3, 0.4) is 0 Å². The van der Waals surface area contributed by atoms with Gasteiger partial charge in [0.1, 0.15) is 23.3 Å². The Morgan fingerprint density at radius 2 is 1.67 bits per heavy atom. The SMILES string of the molecule is CCN1C(=O)c2nc(-c3ccc(-c4ccncc4)cc3)n(Cc3ccc(F)cc3F)c2N2C[C@@H](C(C)C)N=C12. The summed E-state index contributed by atoms with van der Waals surface area (Å²) in [5, 5.41) is 0. The molecular formula is C30H28F2N6O. The van der Waals surface area contributed by atoms with Crippen LogP contribution in [0.25, 0.3) is 22.5 Å². The minimum Gasteiger partial charge on any atom is -0.305 e. The summed E-state index contributed by atoms with van der Waals surface area (Å²) in [6.07, 6.45) is 3.48. The summed E-state index contributed by atoms with van der Waals surface area (Å²) < 4.78 is 30.5. The van der Waals surface area contributed by atoms with Crippen molar-refractivity contribution < 1.29 is 13.6 Å². The molecule has 0 unspecified atom stereocenters. The molecule has 39 heavy (non-hydrogen) atoms. The maximum Gasteiger partial charge on any atom is 0.283 e. The molecule has 0 spiro atoms. The minimum absolute atomic E-state index is 0.00167. The highest BCUT2D eigenvalue weighted by atomic mass is 19.1. The first-order chi connectivity index (χ1) is 18.9. The van der Waals surface area contributed by atoms with Crippen molar-refractivity contribution in [2.45, 2.75) is 33.4 Å². The number of pyridine rings is 1. The van der Waals surface area contributed by atoms with E-state index in [2.05, 4.69) is 18.8 Å². The van der Waals surface area contributed by atoms with Crippen molar-refractivity contribution in [2.24, 2.45) is 10.9 Å². The first kappa shape index (κ1) is 24.9. The van der Waals surface area contributed by atoms with Crippen molar-refractivity contribution in [1.29, 1.82) is 0 Å². The third-order valence-corrected chi connectivity index (χ3v) is 7.36. The van der Waals surface area contributed by atoms with E-state index in [1.807, 2.05) is 52.8 Å². The van der Waals surface area contributed by atoms with Crippen LogP contribution in [0.2, 0.25) is 0 Å². The fourth-order valence-electron chi connectivity index (χ4n) is 5.20. The predicted octanol–water partition coefficient (Wildman–Crippen LogP) is 5.61. The molecule has 2 aliphatic heterocycles. The van der Waals surface area contributed by atoms with Crippen molar-refractivity contribution in [2.75, 3.05) is 18.0 Å². The fourth-order valence-corrected chi connectivity index (χ4v) is 5.20. The summed E-state index contributed by atoms with van der Waals surface area (Å²) in [5.41, 5.74) is 3.42. The van der Waals surface area contributed by atoms with Gasteiger partial charge in [0, 0.05) is 36.1 Å². The number of benzene rings is 2. The van der Waals surface area contributed by atoms with Gasteiger partial charge in [0.05, 0.1) is 19.1 Å². The number of amides is 1. The van der Waals surface area contributed by atoms with E-state index in [0.717, 1.165) is 22.8 Å². The maximum absolute atomic E-state index is 14.9. The third-order valence-electron chi connectivity index (χ3n) is 7.36. The van der Waals surface area contributed by atoms with Gasteiger partial charge in [-0.25, -0.2) is 18.8 Å². The molecule has 6 rings (SSSR count). The molecule has 1 amide bonds. The molecule has 0 fully saturated rings. The summed E-state index contributed by atoms with van der Waals surface area (Å²) in [4.78, 5) is 31.2. The topological polar surface area (TPSA) is 66.6 Å². The molecule has 2 aromatic carbocycles. The normalized spacial score (nSPS) is 16.5. The van der Waals surface area contributed by atoms with Gasteiger partial charge in [-0.05, 0) is 42.2 Å². The number of imidazole rings is 1. The Hall–Kier alpha value is -4.40. The van der Waals surface area contributed by atoms with Gasteiger partial charge in [0.15, 0.2) is 5.69 Å². The second-order valence-corrected chi connectivity index (χ2v) is 10.1. The highest BCUT2D eigenvalue weighted by molar-refractivity contribution is 6.18. The molecular weight excluding hydrogens is 498 g/mol. The van der Waals surface area contributed by atoms with Gasteiger partial charge in [-0.3, -0.25) is 19.6 Å². The molecule has 0 radical (unpaired) electrons. The number of aliphatic imine (C=N–C) groups is 1. The molecule has 2 aliphatic rings. The van der Waals surface area contributed by atoms with Gasteiger partial charge in [-0.2, -0.15) is 0 Å². The predicted molar refractivity (Wildman–Crippen MR) is 146 cm³/mol. The quantitative estimate of drug-likeness (QED) is 0.327. The Morgan fingerprint density at radius 3 is 2.33 bits per heavy atom. The minimum atomic E-state index is -0.649. The first-order valence-corrected chi connectivity index (χ1v) is 13.1. The van der Waals surface area contributed by atoms with Crippen molar-refractivity contribution >= 4 is 17.7 Å². The summed E-state index contributed by atoms with van der Waals surface area (Å²) in [5.74, 6) is 0.454. The number of carbonyl (C=O) groups is 1. The smallest absolute Gasteiger partial charge is 0.283 e. The second kappa shape index (κ2) is 9.72. The zero-order valence-electron chi connectivity index (χ0n) is 22.0. The fraction of sp³-hybridized carbons (Fsp3) is 0.267. The summed E-state index contributed by atoms with van der Waals surface area (Å²) in [7, 11) is 0. The van der Waals surface area contributed by atoms with E-state index < -0.39 is 11.6 Å². The van der Waals surface area contributed by atoms with E-state index in [1.54, 1.807) is 17.3 Å². The molecule has 9 heteroatoms. The molecule has 2 aromatic heterocycles. The number of carbonyl (C=O) groups excluding carboxylic acids is 1. The van der Waals surface area contributed by atoms with Crippen LogP contribution in [0, 0.1) is 17.6 Å². The van der Waals surface area contributed by atoms with E-state index in [0.29, 0.717) is 41.9 Å². The van der Waals surface area contributed by atoms with Crippen LogP contribution in [-0.4, -0.2) is 50.4 Å². The monoisotopic (exact) mass is 526 g/mol. The highest BCUT2D eigenvalue weighted by Gasteiger charge is 2.44. The van der Waals surface area contributed by atoms with Crippen LogP contribution in [-0.2, 0) is 6.54 Å². The van der Waals surface area contributed by atoms with Crippen LogP contribution in [0.5, 0.6) is 0 Å². The molecule has 198 valence electrons. The number of nitrogens with zero attached hydrogens (tertiary/aromatic N) is 6. The Labute approximate surface area is 225 Å². The lowest BCUT2D eigenvalue weighted by molar-refractivity contribution is 0.0841. The lowest BCUT2D eigenvalue weighted by Gasteiger charge is -2.33. The Kier molecular flexibility index (Phi) is 6.21. The highest BCUT2D eigenvalue weighted by Crippen LogP contribution is 2.38. The number of halogens is 2. The van der Waals surface area contributed by atoms with Crippen molar-refractivity contribution in [1.82, 2.24) is 19.4 Å². The summed E-state index contributed by atoms with van der Waals surface area (Å²) >= 11 is 0. The van der Waals surface area contributed by atoms with E-state index in [4.69, 9.17) is 9.98 Å². The van der Waals surface area contributed by atoms with Gasteiger partial charge < -0.3 is 4.57 Å². The van der Waals surface area contributed by atoms with Gasteiger partial charge in [-0.1, -0.05) is 44.2 Å². The van der Waals surface area contributed by atoms with Gasteiger partial charge in [0.25, 0.3) is 5.91 Å². The lowest BCUT2D eigenvalue weighted by Crippen LogP contribution is -2.50. The largest absolute Gasteiger partial charge is 0.305 e. The summed E-state index contributed by atoms with van der Waals surface area (Å²) in [6.45, 7) is 7.23. The van der Waals surface area contributed by atoms with Crippen LogP contribution < -0.4 is 4.90 Å². The first-order valence-electron chi connectivity index (χ1n) is 13.1. The lowest BCUT2D eigenvalue weighted by atomic mass is 10.0. The molecule has 4 heterocycles. The number of hydrogen-bond donors (Lipinski definition) is 0. The number of rotatable bonds is 6. The standard InChI is InChI=1S/C30H28F2N6O/c1-4-36-29(39)26-28(38-17-25(18(2)3)34-30(36)38)37(16-22-9-10-23(31)15-24(22)32)27(35-26)21-7-5-19(6-8-21)20-11-13-33-14-12-20/h5-15,18,25H,4,16-17H2,1-3H3/t25-/m0/s1. The molecule has 0 saturated heterocycles. The van der Waals surface area contributed by atoms with E-state index in [-0.39, 0.29) is 24.4 Å². The Balaban J connectivity index is 1.51. The average molecular weight is 527 g/mol. The van der Waals surface area contributed by atoms with E-state index in [9.17, 15) is 13.6 Å². The molecule has 0 aliphatic carbocycles. The number of hydrogen-bond acceptors (Lipinski definition) is 5. The van der Waals surface area contributed by atoms with Crippen LogP contribution >= 0.6 is 0 Å². The molecule has 7 nitrogen and oxygen atoms in total. The number of anilines is 1. The molecule has 4 aromatic rings. The van der Waals surface area contributed by atoms with Crippen LogP contribution in [0.15, 0.2) is 72.0 Å². The van der Waals surface area contributed by atoms with Crippen molar-refractivity contribution in [3.8, 4) is 22.5 Å². The number of fused-ring (bicyclic) bond motifs is 3. The van der Waals surface area contributed by atoms with Gasteiger partial charge in [-0.15, -0.1) is 0 Å². The molecule has 0 bridgehead atoms. The van der Waals surface area contributed by atoms with Crippen LogP contribution in [0.4, 0.5) is 14.6 Å². The third kappa shape index (κ3) is 4.27. The van der Waals surface area contributed by atoms with E-state index >= 15 is 0 Å². The molecule has 0 saturated carbocycles. The maximum atomic E-state index is 14.9. The zero-order chi connectivity index (χ0) is 27.3. The van der Waals surface area contributed by atoms with Gasteiger partial charge in [0.2, 0.25) is 5.96 Å². The van der Waals surface area contributed by atoms with Gasteiger partial charge >= 0.3 is 0 Å². The Bertz CT molecular complexity index is 1580.